The van der Waals surface area contributed by atoms with Gasteiger partial charge in [-0.1, -0.05) is 0 Å². The number of likely N-dealkylation sites (tertiary alicyclic amines) is 1. The molecular weight excluding hydrogens is 387 g/mol. The summed E-state index contributed by atoms with van der Waals surface area (Å²) in [5.41, 5.74) is -3.97. The van der Waals surface area contributed by atoms with E-state index in [-0.39, 0.29) is 25.9 Å². The number of aromatic nitrogens is 2. The summed E-state index contributed by atoms with van der Waals surface area (Å²) in [6, 6.07) is 0. The molecule has 7 nitrogen and oxygen atoms in total. The first-order valence-electron chi connectivity index (χ1n) is 8.50. The minimum Gasteiger partial charge on any atom is -0.444 e. The number of amides is 1. The van der Waals surface area contributed by atoms with E-state index in [4.69, 9.17) is 4.74 Å². The van der Waals surface area contributed by atoms with Gasteiger partial charge in [-0.05, 0) is 33.6 Å². The normalized spacial score (nSPS) is 18.0. The van der Waals surface area contributed by atoms with Gasteiger partial charge in [0, 0.05) is 32.3 Å². The maximum absolute atomic E-state index is 14.8. The summed E-state index contributed by atoms with van der Waals surface area (Å²) < 4.78 is 72.0. The molecule has 2 rings (SSSR count). The first-order chi connectivity index (χ1) is 12.3. The zero-order valence-corrected chi connectivity index (χ0v) is 16.5. The maximum Gasteiger partial charge on any atom is 0.410 e. The van der Waals surface area contributed by atoms with Crippen LogP contribution in [0.5, 0.6) is 0 Å². The predicted molar refractivity (Wildman–Crippen MR) is 90.8 cm³/mol. The van der Waals surface area contributed by atoms with Crippen LogP contribution in [-0.2, 0) is 21.6 Å². The van der Waals surface area contributed by atoms with E-state index in [9.17, 15) is 26.4 Å². The molecule has 1 aliphatic rings. The summed E-state index contributed by atoms with van der Waals surface area (Å²) in [6.45, 7) is 5.41. The molecule has 1 aliphatic heterocycles. The van der Waals surface area contributed by atoms with Gasteiger partial charge >= 0.3 is 6.09 Å². The van der Waals surface area contributed by atoms with Gasteiger partial charge in [0.2, 0.25) is 15.3 Å². The van der Waals surface area contributed by atoms with E-state index in [0.29, 0.717) is 0 Å². The molecule has 0 spiro atoms. The fourth-order valence-electron chi connectivity index (χ4n) is 2.90. The van der Waals surface area contributed by atoms with Crippen LogP contribution in [0.25, 0.3) is 0 Å². The van der Waals surface area contributed by atoms with E-state index in [1.807, 2.05) is 0 Å². The van der Waals surface area contributed by atoms with E-state index in [0.717, 1.165) is 10.9 Å². The third-order valence-electron chi connectivity index (χ3n) is 4.19. The van der Waals surface area contributed by atoms with Crippen LogP contribution in [0.3, 0.4) is 0 Å². The number of rotatable bonds is 4. The lowest BCUT2D eigenvalue weighted by molar-refractivity contribution is 0.0166. The smallest absolute Gasteiger partial charge is 0.410 e. The van der Waals surface area contributed by atoms with Gasteiger partial charge in [-0.2, -0.15) is 5.10 Å². The van der Waals surface area contributed by atoms with Crippen molar-refractivity contribution in [3.63, 3.8) is 0 Å². The van der Waals surface area contributed by atoms with E-state index < -0.39 is 50.0 Å². The van der Waals surface area contributed by atoms with Crippen LogP contribution in [0.4, 0.5) is 18.0 Å². The average Bonchev–Trinajstić information content (AvgIpc) is 2.96. The van der Waals surface area contributed by atoms with Gasteiger partial charge in [-0.25, -0.2) is 26.4 Å². The number of piperidine rings is 1. The molecule has 154 valence electrons. The van der Waals surface area contributed by atoms with Crippen LogP contribution < -0.4 is 0 Å². The van der Waals surface area contributed by atoms with Crippen molar-refractivity contribution in [2.45, 2.75) is 56.0 Å². The Kier molecular flexibility index (Phi) is 6.13. The van der Waals surface area contributed by atoms with Crippen molar-refractivity contribution in [1.82, 2.24) is 14.7 Å². The van der Waals surface area contributed by atoms with Gasteiger partial charge < -0.3 is 9.64 Å². The summed E-state index contributed by atoms with van der Waals surface area (Å²) in [5, 5.41) is 3.42. The van der Waals surface area contributed by atoms with Crippen LogP contribution in [0.15, 0.2) is 11.1 Å². The highest BCUT2D eigenvalue weighted by molar-refractivity contribution is 7.92. The summed E-state index contributed by atoms with van der Waals surface area (Å²) in [4.78, 5) is 12.6. The number of nitrogens with zero attached hydrogens (tertiary/aromatic N) is 3. The molecule has 0 bridgehead atoms. The first-order valence-corrected chi connectivity index (χ1v) is 10.0. The monoisotopic (exact) mass is 411 g/mol. The number of hydrogen-bond acceptors (Lipinski definition) is 5. The second-order valence-electron chi connectivity index (χ2n) is 7.55. The Morgan fingerprint density at radius 3 is 2.30 bits per heavy atom. The van der Waals surface area contributed by atoms with Crippen molar-refractivity contribution >= 4 is 15.9 Å². The van der Waals surface area contributed by atoms with Gasteiger partial charge in [0.25, 0.3) is 6.43 Å². The molecule has 0 saturated carbocycles. The van der Waals surface area contributed by atoms with Crippen molar-refractivity contribution in [2.24, 2.45) is 13.0 Å². The van der Waals surface area contributed by atoms with Crippen LogP contribution in [0.2, 0.25) is 0 Å². The van der Waals surface area contributed by atoms with Crippen molar-refractivity contribution in [1.29, 1.82) is 0 Å². The number of aryl methyl sites for hydroxylation is 1. The van der Waals surface area contributed by atoms with Gasteiger partial charge in [0.1, 0.15) is 16.2 Å². The van der Waals surface area contributed by atoms with Gasteiger partial charge in [0.15, 0.2) is 0 Å². The molecule has 1 saturated heterocycles. The average molecular weight is 411 g/mol. The Morgan fingerprint density at radius 1 is 1.26 bits per heavy atom. The number of halogens is 3. The molecule has 0 radical (unpaired) electrons. The predicted octanol–water partition coefficient (Wildman–Crippen LogP) is 3.07. The van der Waals surface area contributed by atoms with Crippen LogP contribution in [-0.4, -0.2) is 53.4 Å². The molecule has 11 heteroatoms. The molecular formula is C16H24F3N3O4S. The third-order valence-corrected chi connectivity index (χ3v) is 6.10. The fourth-order valence-corrected chi connectivity index (χ4v) is 4.64. The molecule has 1 unspecified atom stereocenters. The largest absolute Gasteiger partial charge is 0.444 e. The number of carbonyl (C=O) groups excluding carboxylic acids is 1. The molecule has 27 heavy (non-hydrogen) atoms. The Hall–Kier alpha value is -1.78. The molecule has 1 fully saturated rings. The lowest BCUT2D eigenvalue weighted by Gasteiger charge is -2.34. The first kappa shape index (κ1) is 21.5. The lowest BCUT2D eigenvalue weighted by atomic mass is 9.98. The van der Waals surface area contributed by atoms with E-state index >= 15 is 0 Å². The summed E-state index contributed by atoms with van der Waals surface area (Å²) in [5.74, 6) is -0.903. The molecule has 0 aromatic carbocycles. The highest BCUT2D eigenvalue weighted by Gasteiger charge is 2.41. The van der Waals surface area contributed by atoms with Gasteiger partial charge in [-0.3, -0.25) is 4.68 Å². The van der Waals surface area contributed by atoms with E-state index in [1.54, 1.807) is 20.8 Å². The topological polar surface area (TPSA) is 81.5 Å². The Labute approximate surface area is 156 Å². The summed E-state index contributed by atoms with van der Waals surface area (Å²) in [6.07, 6.45) is -2.61. The maximum atomic E-state index is 14.8. The van der Waals surface area contributed by atoms with Crippen molar-refractivity contribution in [2.75, 3.05) is 13.1 Å². The molecule has 0 aliphatic carbocycles. The quantitative estimate of drug-likeness (QED) is 0.761. The molecule has 1 aromatic rings. The highest BCUT2D eigenvalue weighted by Crippen LogP contribution is 2.34. The Balaban J connectivity index is 2.09. The zero-order valence-electron chi connectivity index (χ0n) is 15.7. The highest BCUT2D eigenvalue weighted by atomic mass is 32.2. The van der Waals surface area contributed by atoms with Crippen molar-refractivity contribution in [3.05, 3.63) is 11.9 Å². The Morgan fingerprint density at radius 2 is 1.81 bits per heavy atom. The SMILES string of the molecule is Cn1cc(S(=O)(=O)C(F)C2CCN(C(=O)OC(C)(C)C)CC2)c(C(F)F)n1. The number of alkyl halides is 3. The third kappa shape index (κ3) is 4.94. The van der Waals surface area contributed by atoms with Gasteiger partial charge in [0.05, 0.1) is 0 Å². The fraction of sp³-hybridized carbons (Fsp3) is 0.750. The number of sulfone groups is 1. The van der Waals surface area contributed by atoms with Crippen molar-refractivity contribution < 1.29 is 31.1 Å². The van der Waals surface area contributed by atoms with E-state index in [1.165, 1.54) is 11.9 Å². The number of carbonyl (C=O) groups is 1. The summed E-state index contributed by atoms with van der Waals surface area (Å²) >= 11 is 0. The van der Waals surface area contributed by atoms with Crippen molar-refractivity contribution in [3.8, 4) is 0 Å². The Bertz CT molecular complexity index is 781. The van der Waals surface area contributed by atoms with Crippen LogP contribution in [0, 0.1) is 5.92 Å². The zero-order chi connectivity index (χ0) is 20.6. The second-order valence-corrected chi connectivity index (χ2v) is 9.53. The minimum atomic E-state index is -4.62. The molecule has 0 N–H and O–H groups in total. The number of hydrogen-bond donors (Lipinski definition) is 0. The number of ether oxygens (including phenoxy) is 1. The minimum absolute atomic E-state index is 0.0872. The van der Waals surface area contributed by atoms with E-state index in [2.05, 4.69) is 5.10 Å². The van der Waals surface area contributed by atoms with Gasteiger partial charge in [-0.15, -0.1) is 0 Å². The molecule has 1 amide bonds. The molecule has 1 aromatic heterocycles. The molecule has 1 atom stereocenters. The summed E-state index contributed by atoms with van der Waals surface area (Å²) in [7, 11) is -3.34. The lowest BCUT2D eigenvalue weighted by Crippen LogP contribution is -2.44. The van der Waals surface area contributed by atoms with Crippen LogP contribution in [0.1, 0.15) is 45.7 Å². The standard InChI is InChI=1S/C16H24F3N3O4S/c1-16(2,3)26-15(23)22-7-5-10(6-8-22)14(19)27(24,25)11-9-21(4)20-12(11)13(17)18/h9-10,13-14H,5-8H2,1-4H3. The second kappa shape index (κ2) is 7.69. The van der Waals surface area contributed by atoms with Crippen LogP contribution >= 0.6 is 0 Å². The molecule has 2 heterocycles.